The summed E-state index contributed by atoms with van der Waals surface area (Å²) in [6.45, 7) is -0.284. The molecular weight excluding hydrogens is 533 g/mol. The highest BCUT2D eigenvalue weighted by molar-refractivity contribution is 5.92. The van der Waals surface area contributed by atoms with E-state index in [-0.39, 0.29) is 59.5 Å². The molecule has 6 fully saturated rings. The van der Waals surface area contributed by atoms with Crippen molar-refractivity contribution in [1.82, 2.24) is 25.2 Å². The Hall–Kier alpha value is -3.18. The molecule has 2 aromatic heterocycles. The van der Waals surface area contributed by atoms with E-state index >= 15 is 8.78 Å². The minimum Gasteiger partial charge on any atom is -0.508 e. The summed E-state index contributed by atoms with van der Waals surface area (Å²) < 4.78 is 70.1. The number of alkyl halides is 1. The summed E-state index contributed by atoms with van der Waals surface area (Å²) in [5.74, 6) is -1.47. The van der Waals surface area contributed by atoms with Gasteiger partial charge in [0.05, 0.1) is 13.7 Å². The van der Waals surface area contributed by atoms with Gasteiger partial charge in [-0.2, -0.15) is 9.97 Å². The standard InChI is InChI=1S/C30H33F3N6O2/c31-17-10-30(6-1-7-38(30)13-17)15-41-29-36-27-22(28(37-29)39-14-18-4-5-19(39)11-34-18)12-35-26(25(27)33)21-8-20(40)9-23(32)24(21)16-2-3-16/h8-9,12,16-19,34,40H,1-7,10-11,13-15H2/t17-,18?,19?,30+/m0/s1/i15D2. The molecule has 1 aliphatic carbocycles. The van der Waals surface area contributed by atoms with Crippen LogP contribution < -0.4 is 15.0 Å². The van der Waals surface area contributed by atoms with Crippen molar-refractivity contribution < 1.29 is 25.8 Å². The lowest BCUT2D eigenvalue weighted by Gasteiger charge is -2.46. The molecule has 2 N–H and O–H groups in total. The normalized spacial score (nSPS) is 30.5. The number of nitrogens with one attached hydrogen (secondary N) is 1. The second-order valence-corrected chi connectivity index (χ2v) is 12.3. The average Bonchev–Trinajstić information content (AvgIpc) is 3.63. The lowest BCUT2D eigenvalue weighted by atomic mass is 9.93. The van der Waals surface area contributed by atoms with Crippen LogP contribution in [-0.4, -0.2) is 81.5 Å². The summed E-state index contributed by atoms with van der Waals surface area (Å²) in [5, 5.41) is 14.0. The first-order valence-corrected chi connectivity index (χ1v) is 14.6. The van der Waals surface area contributed by atoms with Crippen LogP contribution in [0.25, 0.3) is 22.2 Å². The quantitative estimate of drug-likeness (QED) is 0.451. The van der Waals surface area contributed by atoms with Gasteiger partial charge in [-0.15, -0.1) is 0 Å². The van der Waals surface area contributed by atoms with Crippen LogP contribution >= 0.6 is 0 Å². The van der Waals surface area contributed by atoms with E-state index in [9.17, 15) is 9.50 Å². The monoisotopic (exact) mass is 568 g/mol. The lowest BCUT2D eigenvalue weighted by molar-refractivity contribution is 0.107. The number of piperazine rings is 1. The molecule has 5 saturated heterocycles. The minimum absolute atomic E-state index is 0.00256. The molecule has 41 heavy (non-hydrogen) atoms. The Morgan fingerprint density at radius 2 is 2.05 bits per heavy atom. The highest BCUT2D eigenvalue weighted by atomic mass is 19.1. The molecule has 9 rings (SSSR count). The molecule has 2 unspecified atom stereocenters. The van der Waals surface area contributed by atoms with Gasteiger partial charge in [-0.1, -0.05) is 0 Å². The number of nitrogens with zero attached hydrogens (tertiary/aromatic N) is 5. The van der Waals surface area contributed by atoms with Crippen molar-refractivity contribution in [2.24, 2.45) is 0 Å². The van der Waals surface area contributed by atoms with Crippen molar-refractivity contribution in [3.8, 4) is 23.0 Å². The molecule has 7 heterocycles. The molecule has 11 heteroatoms. The zero-order chi connectivity index (χ0) is 29.7. The fourth-order valence-electron chi connectivity index (χ4n) is 7.43. The Morgan fingerprint density at radius 1 is 1.17 bits per heavy atom. The number of phenols is 1. The number of rotatable bonds is 6. The van der Waals surface area contributed by atoms with Gasteiger partial charge in [0.25, 0.3) is 0 Å². The molecule has 4 atom stereocenters. The first-order valence-electron chi connectivity index (χ1n) is 15.6. The summed E-state index contributed by atoms with van der Waals surface area (Å²) >= 11 is 0. The van der Waals surface area contributed by atoms with E-state index in [4.69, 9.17) is 7.48 Å². The third kappa shape index (κ3) is 4.22. The first kappa shape index (κ1) is 23.4. The first-order chi connectivity index (χ1) is 20.6. The van der Waals surface area contributed by atoms with E-state index in [1.165, 1.54) is 12.3 Å². The molecular formula is C30H33F3N6O2. The van der Waals surface area contributed by atoms with E-state index in [2.05, 4.69) is 25.2 Å². The fourth-order valence-corrected chi connectivity index (χ4v) is 7.43. The molecule has 2 bridgehead atoms. The molecule has 0 spiro atoms. The van der Waals surface area contributed by atoms with E-state index in [0.29, 0.717) is 36.3 Å². The predicted octanol–water partition coefficient (Wildman–Crippen LogP) is 4.45. The topological polar surface area (TPSA) is 86.6 Å². The second kappa shape index (κ2) is 9.42. The molecule has 6 aliphatic rings. The molecule has 216 valence electrons. The van der Waals surface area contributed by atoms with Crippen molar-refractivity contribution in [2.45, 2.75) is 74.7 Å². The van der Waals surface area contributed by atoms with Crippen molar-refractivity contribution >= 4 is 16.7 Å². The Balaban J connectivity index is 1.28. The number of benzene rings is 1. The van der Waals surface area contributed by atoms with Crippen LogP contribution in [0.1, 0.15) is 59.2 Å². The number of halogens is 3. The number of fused-ring (bicyclic) bond motifs is 5. The molecule has 5 aliphatic heterocycles. The zero-order valence-electron chi connectivity index (χ0n) is 24.5. The van der Waals surface area contributed by atoms with Gasteiger partial charge in [0.15, 0.2) is 5.82 Å². The lowest BCUT2D eigenvalue weighted by Crippen LogP contribution is -2.61. The van der Waals surface area contributed by atoms with Crippen LogP contribution in [0.2, 0.25) is 0 Å². The number of phenolic OH excluding ortho intramolecular Hbond substituents is 1. The number of aromatic nitrogens is 3. The van der Waals surface area contributed by atoms with Gasteiger partial charge in [-0.3, -0.25) is 9.88 Å². The average molecular weight is 569 g/mol. The van der Waals surface area contributed by atoms with Crippen molar-refractivity contribution in [3.63, 3.8) is 0 Å². The van der Waals surface area contributed by atoms with Gasteiger partial charge < -0.3 is 20.1 Å². The van der Waals surface area contributed by atoms with E-state index in [1.807, 2.05) is 4.90 Å². The SMILES string of the molecule is [2H]C([2H])(Oc1nc(N2CC3CCC2CN3)c2cnc(-c3cc(O)cc(F)c3C3CC3)c(F)c2n1)[C@]12CCCN1C[C@@H](F)C2. The van der Waals surface area contributed by atoms with Crippen molar-refractivity contribution in [1.29, 1.82) is 0 Å². The second-order valence-electron chi connectivity index (χ2n) is 12.3. The Kier molecular flexibility index (Phi) is 5.37. The smallest absolute Gasteiger partial charge is 0.319 e. The molecule has 1 aromatic carbocycles. The maximum Gasteiger partial charge on any atom is 0.319 e. The largest absolute Gasteiger partial charge is 0.508 e. The van der Waals surface area contributed by atoms with Gasteiger partial charge >= 0.3 is 6.01 Å². The number of anilines is 1. The number of ether oxygens (including phenoxy) is 1. The summed E-state index contributed by atoms with van der Waals surface area (Å²) in [6, 6.07) is 2.32. The fraction of sp³-hybridized carbons (Fsp3) is 0.567. The van der Waals surface area contributed by atoms with Crippen molar-refractivity contribution in [3.05, 3.63) is 35.5 Å². The van der Waals surface area contributed by atoms with Crippen molar-refractivity contribution in [2.75, 3.05) is 37.6 Å². The zero-order valence-corrected chi connectivity index (χ0v) is 22.5. The molecule has 3 aromatic rings. The maximum atomic E-state index is 16.6. The number of aromatic hydroxyl groups is 1. The summed E-state index contributed by atoms with van der Waals surface area (Å²) in [6.07, 6.45) is 4.88. The van der Waals surface area contributed by atoms with Gasteiger partial charge in [0.2, 0.25) is 0 Å². The number of hydrogen-bond donors (Lipinski definition) is 2. The van der Waals surface area contributed by atoms with E-state index in [1.54, 1.807) is 0 Å². The Morgan fingerprint density at radius 3 is 2.80 bits per heavy atom. The number of piperidine rings is 2. The van der Waals surface area contributed by atoms with Crippen LogP contribution in [0.4, 0.5) is 19.0 Å². The molecule has 1 saturated carbocycles. The summed E-state index contributed by atoms with van der Waals surface area (Å²) in [4.78, 5) is 17.4. The van der Waals surface area contributed by atoms with Crippen LogP contribution in [-0.2, 0) is 0 Å². The van der Waals surface area contributed by atoms with Crippen LogP contribution in [0, 0.1) is 11.6 Å². The molecule has 8 nitrogen and oxygen atoms in total. The van der Waals surface area contributed by atoms with Gasteiger partial charge in [0, 0.05) is 61.5 Å². The highest BCUT2D eigenvalue weighted by Gasteiger charge is 2.49. The van der Waals surface area contributed by atoms with Crippen LogP contribution in [0.15, 0.2) is 18.3 Å². The minimum atomic E-state index is -2.35. The highest BCUT2D eigenvalue weighted by Crippen LogP contribution is 2.47. The molecule has 0 amide bonds. The van der Waals surface area contributed by atoms with Crippen LogP contribution in [0.3, 0.4) is 0 Å². The van der Waals surface area contributed by atoms with Gasteiger partial charge in [-0.05, 0) is 57.1 Å². The predicted molar refractivity (Wildman–Crippen MR) is 147 cm³/mol. The third-order valence-corrected chi connectivity index (χ3v) is 9.55. The maximum absolute atomic E-state index is 16.6. The Labute approximate surface area is 238 Å². The van der Waals surface area contributed by atoms with Gasteiger partial charge in [-0.25, -0.2) is 13.2 Å². The molecule has 0 radical (unpaired) electrons. The summed E-state index contributed by atoms with van der Waals surface area (Å²) in [5.41, 5.74) is -0.969. The van der Waals surface area contributed by atoms with Gasteiger partial charge in [0.1, 0.15) is 41.3 Å². The van der Waals surface area contributed by atoms with E-state index in [0.717, 1.165) is 44.7 Å². The third-order valence-electron chi connectivity index (χ3n) is 9.55. The summed E-state index contributed by atoms with van der Waals surface area (Å²) in [7, 11) is 0. The van der Waals surface area contributed by atoms with Crippen LogP contribution in [0.5, 0.6) is 11.8 Å². The Bertz CT molecular complexity index is 1620. The number of hydrogen-bond acceptors (Lipinski definition) is 8. The van der Waals surface area contributed by atoms with E-state index < -0.39 is 29.9 Å². The number of pyridine rings is 1.